The molecule has 1 aromatic carbocycles. The molecule has 0 amide bonds. The molecule has 0 bridgehead atoms. The summed E-state index contributed by atoms with van der Waals surface area (Å²) in [5.41, 5.74) is 1.18. The van der Waals surface area contributed by atoms with Crippen molar-refractivity contribution in [1.29, 1.82) is 0 Å². The number of para-hydroxylation sites is 1. The first-order valence-corrected chi connectivity index (χ1v) is 6.54. The molecule has 3 nitrogen and oxygen atoms in total. The van der Waals surface area contributed by atoms with Gasteiger partial charge in [0.1, 0.15) is 12.4 Å². The molecule has 0 aliphatic carbocycles. The van der Waals surface area contributed by atoms with E-state index in [-0.39, 0.29) is 0 Å². The van der Waals surface area contributed by atoms with Crippen LogP contribution in [0.1, 0.15) is 18.4 Å². The maximum absolute atomic E-state index is 5.62. The van der Waals surface area contributed by atoms with Gasteiger partial charge in [-0.2, -0.15) is 0 Å². The van der Waals surface area contributed by atoms with Crippen molar-refractivity contribution >= 4 is 0 Å². The first-order valence-electron chi connectivity index (χ1n) is 6.54. The van der Waals surface area contributed by atoms with Gasteiger partial charge in [0.25, 0.3) is 0 Å². The van der Waals surface area contributed by atoms with Gasteiger partial charge >= 0.3 is 0 Å². The van der Waals surface area contributed by atoms with Crippen LogP contribution in [0.5, 0.6) is 5.75 Å². The van der Waals surface area contributed by atoms with E-state index in [1.165, 1.54) is 18.4 Å². The van der Waals surface area contributed by atoms with E-state index in [1.54, 1.807) is 6.08 Å². The molecule has 1 atom stereocenters. The molecule has 0 spiro atoms. The van der Waals surface area contributed by atoms with E-state index < -0.39 is 0 Å². The highest BCUT2D eigenvalue weighted by Crippen LogP contribution is 2.18. The number of ether oxygens (including phenoxy) is 2. The van der Waals surface area contributed by atoms with E-state index in [9.17, 15) is 0 Å². The fourth-order valence-corrected chi connectivity index (χ4v) is 2.11. The van der Waals surface area contributed by atoms with Crippen LogP contribution < -0.4 is 10.1 Å². The van der Waals surface area contributed by atoms with Gasteiger partial charge in [-0.25, -0.2) is 0 Å². The van der Waals surface area contributed by atoms with E-state index in [0.29, 0.717) is 12.7 Å². The Kier molecular flexibility index (Phi) is 5.24. The van der Waals surface area contributed by atoms with E-state index in [1.807, 2.05) is 18.2 Å². The number of benzene rings is 1. The van der Waals surface area contributed by atoms with Crippen molar-refractivity contribution in [2.24, 2.45) is 0 Å². The summed E-state index contributed by atoms with van der Waals surface area (Å²) in [7, 11) is 0. The van der Waals surface area contributed by atoms with Gasteiger partial charge in [-0.05, 0) is 18.9 Å². The molecule has 2 rings (SSSR count). The van der Waals surface area contributed by atoms with Crippen molar-refractivity contribution in [3.63, 3.8) is 0 Å². The van der Waals surface area contributed by atoms with Crippen molar-refractivity contribution in [2.45, 2.75) is 25.5 Å². The maximum atomic E-state index is 5.62. The lowest BCUT2D eigenvalue weighted by molar-refractivity contribution is 0.110. The van der Waals surface area contributed by atoms with Gasteiger partial charge in [0.15, 0.2) is 0 Å². The molecule has 1 aromatic rings. The molecule has 1 saturated heterocycles. The summed E-state index contributed by atoms with van der Waals surface area (Å²) in [6.07, 6.45) is 4.50. The van der Waals surface area contributed by atoms with Crippen LogP contribution in [0.25, 0.3) is 0 Å². The predicted molar refractivity (Wildman–Crippen MR) is 72.8 cm³/mol. The molecule has 0 aromatic heterocycles. The molecule has 0 saturated carbocycles. The lowest BCUT2D eigenvalue weighted by Gasteiger charge is -2.13. The number of hydrogen-bond donors (Lipinski definition) is 1. The van der Waals surface area contributed by atoms with Crippen molar-refractivity contribution in [3.8, 4) is 5.75 Å². The van der Waals surface area contributed by atoms with Gasteiger partial charge in [0, 0.05) is 25.3 Å². The Hall–Kier alpha value is -1.32. The molecule has 1 fully saturated rings. The predicted octanol–water partition coefficient (Wildman–Crippen LogP) is 2.52. The summed E-state index contributed by atoms with van der Waals surface area (Å²) in [5, 5.41) is 3.43. The standard InChI is InChI=1S/C15H21NO2/c1-2-9-18-15-8-4-3-6-13(15)11-16-12-14-7-5-10-17-14/h2-4,6,8,14,16H,1,5,7,9-12H2/t14-/m0/s1. The van der Waals surface area contributed by atoms with Gasteiger partial charge in [-0.1, -0.05) is 30.9 Å². The van der Waals surface area contributed by atoms with Crippen molar-refractivity contribution in [2.75, 3.05) is 19.8 Å². The topological polar surface area (TPSA) is 30.5 Å². The fourth-order valence-electron chi connectivity index (χ4n) is 2.11. The first kappa shape index (κ1) is 13.1. The Morgan fingerprint density at radius 1 is 1.44 bits per heavy atom. The van der Waals surface area contributed by atoms with Gasteiger partial charge in [-0.3, -0.25) is 0 Å². The Bertz CT molecular complexity index is 373. The minimum absolute atomic E-state index is 0.381. The lowest BCUT2D eigenvalue weighted by atomic mass is 10.2. The minimum atomic E-state index is 0.381. The largest absolute Gasteiger partial charge is 0.489 e. The van der Waals surface area contributed by atoms with E-state index in [2.05, 4.69) is 18.0 Å². The smallest absolute Gasteiger partial charge is 0.124 e. The summed E-state index contributed by atoms with van der Waals surface area (Å²) < 4.78 is 11.2. The Balaban J connectivity index is 1.81. The summed E-state index contributed by atoms with van der Waals surface area (Å²) in [6.45, 7) is 6.84. The maximum Gasteiger partial charge on any atom is 0.124 e. The van der Waals surface area contributed by atoms with Crippen LogP contribution in [0.3, 0.4) is 0 Å². The van der Waals surface area contributed by atoms with Crippen LogP contribution in [0, 0.1) is 0 Å². The third-order valence-corrected chi connectivity index (χ3v) is 3.04. The fraction of sp³-hybridized carbons (Fsp3) is 0.467. The van der Waals surface area contributed by atoms with Crippen LogP contribution >= 0.6 is 0 Å². The zero-order valence-electron chi connectivity index (χ0n) is 10.7. The molecule has 1 aliphatic heterocycles. The highest BCUT2D eigenvalue weighted by Gasteiger charge is 2.14. The lowest BCUT2D eigenvalue weighted by Crippen LogP contribution is -2.26. The molecule has 0 unspecified atom stereocenters. The zero-order chi connectivity index (χ0) is 12.6. The average Bonchev–Trinajstić information content (AvgIpc) is 2.91. The van der Waals surface area contributed by atoms with E-state index in [4.69, 9.17) is 9.47 Å². The molecule has 1 heterocycles. The van der Waals surface area contributed by atoms with Crippen molar-refractivity contribution < 1.29 is 9.47 Å². The third-order valence-electron chi connectivity index (χ3n) is 3.04. The SMILES string of the molecule is C=CCOc1ccccc1CNC[C@@H]1CCCO1. The monoisotopic (exact) mass is 247 g/mol. The summed E-state index contributed by atoms with van der Waals surface area (Å²) in [5.74, 6) is 0.928. The normalized spacial score (nSPS) is 18.8. The summed E-state index contributed by atoms with van der Waals surface area (Å²) in [4.78, 5) is 0. The second-order valence-corrected chi connectivity index (χ2v) is 4.47. The second-order valence-electron chi connectivity index (χ2n) is 4.47. The van der Waals surface area contributed by atoms with Crippen molar-refractivity contribution in [1.82, 2.24) is 5.32 Å². The van der Waals surface area contributed by atoms with Gasteiger partial charge in [0.05, 0.1) is 6.10 Å². The van der Waals surface area contributed by atoms with Crippen LogP contribution in [0.15, 0.2) is 36.9 Å². The molecule has 98 valence electrons. The van der Waals surface area contributed by atoms with Gasteiger partial charge in [0.2, 0.25) is 0 Å². The van der Waals surface area contributed by atoms with Crippen LogP contribution in [-0.2, 0) is 11.3 Å². The molecular weight excluding hydrogens is 226 g/mol. The number of rotatable bonds is 7. The van der Waals surface area contributed by atoms with E-state index >= 15 is 0 Å². The third kappa shape index (κ3) is 3.86. The minimum Gasteiger partial charge on any atom is -0.489 e. The Morgan fingerprint density at radius 2 is 2.33 bits per heavy atom. The second kappa shape index (κ2) is 7.19. The highest BCUT2D eigenvalue weighted by molar-refractivity contribution is 5.33. The average molecular weight is 247 g/mol. The van der Waals surface area contributed by atoms with Crippen LogP contribution in [0.4, 0.5) is 0 Å². The molecule has 18 heavy (non-hydrogen) atoms. The van der Waals surface area contributed by atoms with Gasteiger partial charge < -0.3 is 14.8 Å². The molecule has 1 N–H and O–H groups in total. The number of nitrogens with one attached hydrogen (secondary N) is 1. The van der Waals surface area contributed by atoms with Crippen LogP contribution in [0.2, 0.25) is 0 Å². The summed E-state index contributed by atoms with van der Waals surface area (Å²) >= 11 is 0. The van der Waals surface area contributed by atoms with E-state index in [0.717, 1.165) is 25.4 Å². The van der Waals surface area contributed by atoms with Crippen LogP contribution in [-0.4, -0.2) is 25.9 Å². The Labute approximate surface area is 109 Å². The highest BCUT2D eigenvalue weighted by atomic mass is 16.5. The Morgan fingerprint density at radius 3 is 3.11 bits per heavy atom. The van der Waals surface area contributed by atoms with Gasteiger partial charge in [-0.15, -0.1) is 0 Å². The molecule has 0 radical (unpaired) electrons. The molecule has 3 heteroatoms. The number of hydrogen-bond acceptors (Lipinski definition) is 3. The molecule has 1 aliphatic rings. The quantitative estimate of drug-likeness (QED) is 0.751. The first-order chi connectivity index (χ1) is 8.90. The molecular formula is C15H21NO2. The summed E-state index contributed by atoms with van der Waals surface area (Å²) in [6, 6.07) is 8.10. The zero-order valence-corrected chi connectivity index (χ0v) is 10.7. The van der Waals surface area contributed by atoms with Crippen molar-refractivity contribution in [3.05, 3.63) is 42.5 Å².